The second-order valence-electron chi connectivity index (χ2n) is 4.26. The molecule has 1 heterocycles. The summed E-state index contributed by atoms with van der Waals surface area (Å²) in [5, 5.41) is 6.37. The molecule has 1 aromatic carbocycles. The van der Waals surface area contributed by atoms with Crippen LogP contribution < -0.4 is 10.1 Å². The maximum Gasteiger partial charge on any atom is 0.122 e. The number of ether oxygens (including phenoxy) is 1. The van der Waals surface area contributed by atoms with Gasteiger partial charge in [0.05, 0.1) is 12.1 Å². The standard InChI is InChI=1S/C15H18ClNOS/c1-3-17-13(15-12(16)8-9-19-15)10-11-6-4-5-7-14(11)18-2/h4-9,13,17H,3,10H2,1-2H3. The molecule has 0 amide bonds. The van der Waals surface area contributed by atoms with Gasteiger partial charge in [-0.25, -0.2) is 0 Å². The molecule has 0 radical (unpaired) electrons. The molecule has 1 N–H and O–H groups in total. The summed E-state index contributed by atoms with van der Waals surface area (Å²) in [4.78, 5) is 1.19. The Kier molecular flexibility index (Phi) is 5.25. The fraction of sp³-hybridized carbons (Fsp3) is 0.333. The summed E-state index contributed by atoms with van der Waals surface area (Å²) in [6, 6.07) is 10.3. The summed E-state index contributed by atoms with van der Waals surface area (Å²) in [6.07, 6.45) is 0.873. The Labute approximate surface area is 123 Å². The monoisotopic (exact) mass is 295 g/mol. The van der Waals surface area contributed by atoms with E-state index in [4.69, 9.17) is 16.3 Å². The molecule has 2 aromatic rings. The molecule has 2 nitrogen and oxygen atoms in total. The SMILES string of the molecule is CCNC(Cc1ccccc1OC)c1sccc1Cl. The molecule has 4 heteroatoms. The van der Waals surface area contributed by atoms with Crippen molar-refractivity contribution in [1.82, 2.24) is 5.32 Å². The number of para-hydroxylation sites is 1. The summed E-state index contributed by atoms with van der Waals surface area (Å²) in [5.41, 5.74) is 1.19. The van der Waals surface area contributed by atoms with E-state index in [1.54, 1.807) is 18.4 Å². The normalized spacial score (nSPS) is 12.4. The van der Waals surface area contributed by atoms with Crippen LogP contribution in [-0.2, 0) is 6.42 Å². The predicted molar refractivity (Wildman–Crippen MR) is 82.4 cm³/mol. The number of benzene rings is 1. The molecule has 0 bridgehead atoms. The molecule has 2 rings (SSSR count). The maximum atomic E-state index is 6.25. The van der Waals surface area contributed by atoms with E-state index in [-0.39, 0.29) is 6.04 Å². The van der Waals surface area contributed by atoms with Gasteiger partial charge in [0.2, 0.25) is 0 Å². The maximum absolute atomic E-state index is 6.25. The summed E-state index contributed by atoms with van der Waals surface area (Å²) in [5.74, 6) is 0.929. The summed E-state index contributed by atoms with van der Waals surface area (Å²) in [7, 11) is 1.71. The van der Waals surface area contributed by atoms with Crippen molar-refractivity contribution < 1.29 is 4.74 Å². The van der Waals surface area contributed by atoms with Crippen LogP contribution in [0.15, 0.2) is 35.7 Å². The zero-order valence-corrected chi connectivity index (χ0v) is 12.7. The molecule has 1 unspecified atom stereocenters. The van der Waals surface area contributed by atoms with Crippen LogP contribution in [0, 0.1) is 0 Å². The average Bonchev–Trinajstić information content (AvgIpc) is 2.85. The third-order valence-electron chi connectivity index (χ3n) is 3.03. The van der Waals surface area contributed by atoms with E-state index in [2.05, 4.69) is 18.3 Å². The number of halogens is 1. The lowest BCUT2D eigenvalue weighted by molar-refractivity contribution is 0.406. The Hall–Kier alpha value is -1.03. The summed E-state index contributed by atoms with van der Waals surface area (Å²) >= 11 is 7.94. The molecule has 0 aliphatic carbocycles. The van der Waals surface area contributed by atoms with Crippen LogP contribution in [0.4, 0.5) is 0 Å². The highest BCUT2D eigenvalue weighted by molar-refractivity contribution is 7.10. The van der Waals surface area contributed by atoms with E-state index in [9.17, 15) is 0 Å². The van der Waals surface area contributed by atoms with Gasteiger partial charge in [-0.2, -0.15) is 0 Å². The molecule has 102 valence electrons. The smallest absolute Gasteiger partial charge is 0.122 e. The quantitative estimate of drug-likeness (QED) is 0.858. The molecular formula is C15H18ClNOS. The number of hydrogen-bond donors (Lipinski definition) is 1. The Balaban J connectivity index is 2.24. The van der Waals surface area contributed by atoms with E-state index >= 15 is 0 Å². The van der Waals surface area contributed by atoms with Crippen LogP contribution in [0.25, 0.3) is 0 Å². The molecular weight excluding hydrogens is 278 g/mol. The lowest BCUT2D eigenvalue weighted by atomic mass is 10.0. The molecule has 0 fully saturated rings. The van der Waals surface area contributed by atoms with Gasteiger partial charge in [0.15, 0.2) is 0 Å². The zero-order valence-electron chi connectivity index (χ0n) is 11.2. The molecule has 0 aliphatic heterocycles. The minimum absolute atomic E-state index is 0.230. The van der Waals surface area contributed by atoms with Crippen molar-refractivity contribution in [1.29, 1.82) is 0 Å². The first-order valence-corrected chi connectivity index (χ1v) is 7.60. The molecule has 0 saturated heterocycles. The van der Waals surface area contributed by atoms with Crippen LogP contribution >= 0.6 is 22.9 Å². The van der Waals surface area contributed by atoms with Crippen molar-refractivity contribution in [3.63, 3.8) is 0 Å². The number of hydrogen-bond acceptors (Lipinski definition) is 3. The van der Waals surface area contributed by atoms with Gasteiger partial charge >= 0.3 is 0 Å². The van der Waals surface area contributed by atoms with Crippen molar-refractivity contribution in [3.8, 4) is 5.75 Å². The molecule has 1 atom stereocenters. The van der Waals surface area contributed by atoms with Crippen molar-refractivity contribution >= 4 is 22.9 Å². The summed E-state index contributed by atoms with van der Waals surface area (Å²) < 4.78 is 5.41. The van der Waals surface area contributed by atoms with Crippen molar-refractivity contribution in [2.24, 2.45) is 0 Å². The van der Waals surface area contributed by atoms with E-state index < -0.39 is 0 Å². The highest BCUT2D eigenvalue weighted by Crippen LogP contribution is 2.32. The average molecular weight is 296 g/mol. The highest BCUT2D eigenvalue weighted by Gasteiger charge is 2.17. The van der Waals surface area contributed by atoms with Crippen LogP contribution in [0.2, 0.25) is 5.02 Å². The van der Waals surface area contributed by atoms with Gasteiger partial charge in [0.25, 0.3) is 0 Å². The van der Waals surface area contributed by atoms with Crippen molar-refractivity contribution in [3.05, 3.63) is 51.2 Å². The van der Waals surface area contributed by atoms with Crippen LogP contribution in [0.1, 0.15) is 23.4 Å². The number of likely N-dealkylation sites (N-methyl/N-ethyl adjacent to an activating group) is 1. The fourth-order valence-corrected chi connectivity index (χ4v) is 3.41. The van der Waals surface area contributed by atoms with Gasteiger partial charge in [-0.3, -0.25) is 0 Å². The van der Waals surface area contributed by atoms with Gasteiger partial charge in [0, 0.05) is 10.9 Å². The fourth-order valence-electron chi connectivity index (χ4n) is 2.15. The largest absolute Gasteiger partial charge is 0.496 e. The second-order valence-corrected chi connectivity index (χ2v) is 5.61. The number of rotatable bonds is 6. The second kappa shape index (κ2) is 6.94. The van der Waals surface area contributed by atoms with Gasteiger partial charge < -0.3 is 10.1 Å². The van der Waals surface area contributed by atoms with Crippen LogP contribution in [-0.4, -0.2) is 13.7 Å². The number of thiophene rings is 1. The number of methoxy groups -OCH3 is 1. The van der Waals surface area contributed by atoms with Crippen LogP contribution in [0.3, 0.4) is 0 Å². The van der Waals surface area contributed by atoms with Gasteiger partial charge in [-0.05, 0) is 36.0 Å². The molecule has 19 heavy (non-hydrogen) atoms. The minimum Gasteiger partial charge on any atom is -0.496 e. The van der Waals surface area contributed by atoms with Gasteiger partial charge in [0.1, 0.15) is 5.75 Å². The lowest BCUT2D eigenvalue weighted by Crippen LogP contribution is -2.22. The van der Waals surface area contributed by atoms with E-state index in [0.29, 0.717) is 0 Å². The number of nitrogens with one attached hydrogen (secondary N) is 1. The molecule has 0 aliphatic rings. The molecule has 0 saturated carbocycles. The van der Waals surface area contributed by atoms with Crippen LogP contribution in [0.5, 0.6) is 5.75 Å². The van der Waals surface area contributed by atoms with Crippen molar-refractivity contribution in [2.75, 3.05) is 13.7 Å². The van der Waals surface area contributed by atoms with Crippen molar-refractivity contribution in [2.45, 2.75) is 19.4 Å². The third kappa shape index (κ3) is 3.50. The minimum atomic E-state index is 0.230. The Morgan fingerprint density at radius 1 is 1.32 bits per heavy atom. The van der Waals surface area contributed by atoms with E-state index in [1.165, 1.54) is 10.4 Å². The highest BCUT2D eigenvalue weighted by atomic mass is 35.5. The first kappa shape index (κ1) is 14.4. The molecule has 0 spiro atoms. The first-order valence-electron chi connectivity index (χ1n) is 6.34. The Bertz CT molecular complexity index is 526. The Morgan fingerprint density at radius 2 is 2.11 bits per heavy atom. The first-order chi connectivity index (χ1) is 9.26. The summed E-state index contributed by atoms with van der Waals surface area (Å²) in [6.45, 7) is 3.02. The molecule has 1 aromatic heterocycles. The lowest BCUT2D eigenvalue weighted by Gasteiger charge is -2.18. The topological polar surface area (TPSA) is 21.3 Å². The van der Waals surface area contributed by atoms with E-state index in [0.717, 1.165) is 23.7 Å². The zero-order chi connectivity index (χ0) is 13.7. The van der Waals surface area contributed by atoms with Gasteiger partial charge in [-0.15, -0.1) is 11.3 Å². The van der Waals surface area contributed by atoms with E-state index in [1.807, 2.05) is 29.6 Å². The van der Waals surface area contributed by atoms with Gasteiger partial charge in [-0.1, -0.05) is 36.7 Å². The third-order valence-corrected chi connectivity index (χ3v) is 4.50. The Morgan fingerprint density at radius 3 is 2.74 bits per heavy atom. The predicted octanol–water partition coefficient (Wildman–Crippen LogP) is 4.30.